The quantitative estimate of drug-likeness (QED) is 0.629. The maximum absolute atomic E-state index is 12.9. The summed E-state index contributed by atoms with van der Waals surface area (Å²) < 4.78 is 28.7. The molecule has 1 aromatic heterocycles. The lowest BCUT2D eigenvalue weighted by molar-refractivity contribution is -0.112. The maximum Gasteiger partial charge on any atom is 0.322 e. The van der Waals surface area contributed by atoms with Crippen molar-refractivity contribution in [3.05, 3.63) is 71.4 Å². The van der Waals surface area contributed by atoms with Gasteiger partial charge in [0.1, 0.15) is 5.82 Å². The Morgan fingerprint density at radius 1 is 1.11 bits per heavy atom. The summed E-state index contributed by atoms with van der Waals surface area (Å²) >= 11 is 0. The Hall–Kier alpha value is -3.68. The Bertz CT molecular complexity index is 983. The van der Waals surface area contributed by atoms with Crippen molar-refractivity contribution in [2.24, 2.45) is 0 Å². The molecule has 0 aliphatic rings. The van der Waals surface area contributed by atoms with Gasteiger partial charge in [-0.15, -0.1) is 5.10 Å². The number of hydrogen-bond donors (Lipinski definition) is 1. The zero-order chi connectivity index (χ0) is 19.9. The molecule has 144 valence electrons. The van der Waals surface area contributed by atoms with Crippen LogP contribution in [0.5, 0.6) is 11.5 Å². The molecule has 0 aliphatic carbocycles. The van der Waals surface area contributed by atoms with Crippen molar-refractivity contribution in [1.29, 1.82) is 0 Å². The first-order valence-electron chi connectivity index (χ1n) is 8.35. The third-order valence-electron chi connectivity index (χ3n) is 3.80. The van der Waals surface area contributed by atoms with E-state index in [9.17, 15) is 9.18 Å². The van der Waals surface area contributed by atoms with Crippen LogP contribution in [0.15, 0.2) is 53.0 Å². The van der Waals surface area contributed by atoms with Crippen molar-refractivity contribution >= 4 is 18.0 Å². The van der Waals surface area contributed by atoms with E-state index in [1.807, 2.05) is 0 Å². The molecular weight excluding hydrogens is 365 g/mol. The van der Waals surface area contributed by atoms with Gasteiger partial charge >= 0.3 is 6.01 Å². The number of carbonyl (C=O) groups excluding carboxylic acids is 1. The van der Waals surface area contributed by atoms with Crippen LogP contribution in [0.2, 0.25) is 0 Å². The van der Waals surface area contributed by atoms with Gasteiger partial charge in [0.05, 0.1) is 20.6 Å². The van der Waals surface area contributed by atoms with E-state index in [4.69, 9.17) is 13.9 Å². The Morgan fingerprint density at radius 2 is 1.86 bits per heavy atom. The second-order valence-corrected chi connectivity index (χ2v) is 5.74. The fourth-order valence-electron chi connectivity index (χ4n) is 2.43. The Balaban J connectivity index is 1.60. The Morgan fingerprint density at radius 3 is 2.57 bits per heavy atom. The van der Waals surface area contributed by atoms with Gasteiger partial charge in [0.25, 0.3) is 5.91 Å². The minimum atomic E-state index is -0.424. The van der Waals surface area contributed by atoms with Crippen LogP contribution in [-0.2, 0) is 11.2 Å². The van der Waals surface area contributed by atoms with Crippen LogP contribution in [0.3, 0.4) is 0 Å². The Kier molecular flexibility index (Phi) is 6.01. The monoisotopic (exact) mass is 383 g/mol. The van der Waals surface area contributed by atoms with Crippen LogP contribution < -0.4 is 14.8 Å². The largest absolute Gasteiger partial charge is 0.493 e. The standard InChI is InChI=1S/C20H18FN3O4/c1-26-16-9-5-13(11-17(16)27-2)6-10-18(25)22-20-24-23-19(28-20)12-14-3-7-15(21)8-4-14/h3-11H,12H2,1-2H3,(H,22,24,25). The molecule has 28 heavy (non-hydrogen) atoms. The van der Waals surface area contributed by atoms with Gasteiger partial charge in [0.2, 0.25) is 5.89 Å². The van der Waals surface area contributed by atoms with E-state index in [-0.39, 0.29) is 11.8 Å². The van der Waals surface area contributed by atoms with Gasteiger partial charge < -0.3 is 13.9 Å². The summed E-state index contributed by atoms with van der Waals surface area (Å²) in [7, 11) is 3.09. The number of benzene rings is 2. The number of aromatic nitrogens is 2. The van der Waals surface area contributed by atoms with E-state index in [0.717, 1.165) is 11.1 Å². The van der Waals surface area contributed by atoms with Crippen molar-refractivity contribution < 1.29 is 23.1 Å². The summed E-state index contributed by atoms with van der Waals surface area (Å²) in [6.45, 7) is 0. The number of hydrogen-bond acceptors (Lipinski definition) is 6. The lowest BCUT2D eigenvalue weighted by Gasteiger charge is -2.07. The zero-order valence-corrected chi connectivity index (χ0v) is 15.3. The molecule has 0 radical (unpaired) electrons. The van der Waals surface area contributed by atoms with E-state index in [1.54, 1.807) is 43.5 Å². The number of methoxy groups -OCH3 is 2. The lowest BCUT2D eigenvalue weighted by Crippen LogP contribution is -2.07. The molecule has 7 nitrogen and oxygen atoms in total. The van der Waals surface area contributed by atoms with E-state index in [2.05, 4.69) is 15.5 Å². The number of anilines is 1. The van der Waals surface area contributed by atoms with Gasteiger partial charge in [-0.25, -0.2) is 4.39 Å². The number of rotatable bonds is 7. The normalized spacial score (nSPS) is 10.8. The van der Waals surface area contributed by atoms with Crippen LogP contribution in [0.4, 0.5) is 10.4 Å². The SMILES string of the molecule is COc1ccc(C=CC(=O)Nc2nnc(Cc3ccc(F)cc3)o2)cc1OC. The number of ether oxygens (including phenoxy) is 2. The predicted octanol–water partition coefficient (Wildman–Crippen LogP) is 3.47. The van der Waals surface area contributed by atoms with Crippen molar-refractivity contribution in [2.45, 2.75) is 6.42 Å². The van der Waals surface area contributed by atoms with Crippen LogP contribution in [0.1, 0.15) is 17.0 Å². The van der Waals surface area contributed by atoms with Gasteiger partial charge in [-0.3, -0.25) is 10.1 Å². The number of amides is 1. The summed E-state index contributed by atoms with van der Waals surface area (Å²) in [5.41, 5.74) is 1.58. The molecule has 0 saturated heterocycles. The molecule has 1 heterocycles. The van der Waals surface area contributed by atoms with E-state index < -0.39 is 5.91 Å². The highest BCUT2D eigenvalue weighted by molar-refractivity contribution is 6.00. The van der Waals surface area contributed by atoms with E-state index >= 15 is 0 Å². The van der Waals surface area contributed by atoms with Crippen LogP contribution in [-0.4, -0.2) is 30.3 Å². The molecular formula is C20H18FN3O4. The molecule has 3 aromatic rings. The van der Waals surface area contributed by atoms with E-state index in [1.165, 1.54) is 25.3 Å². The van der Waals surface area contributed by atoms with Gasteiger partial charge in [-0.2, -0.15) is 0 Å². The molecule has 0 saturated carbocycles. The number of nitrogens with one attached hydrogen (secondary N) is 1. The topological polar surface area (TPSA) is 86.5 Å². The first-order valence-corrected chi connectivity index (χ1v) is 8.35. The molecule has 1 amide bonds. The summed E-state index contributed by atoms with van der Waals surface area (Å²) in [6.07, 6.45) is 3.29. The molecule has 8 heteroatoms. The molecule has 0 unspecified atom stereocenters. The molecule has 1 N–H and O–H groups in total. The molecule has 0 aliphatic heterocycles. The van der Waals surface area contributed by atoms with E-state index in [0.29, 0.717) is 23.8 Å². The minimum absolute atomic E-state index is 0.0147. The van der Waals surface area contributed by atoms with Crippen molar-refractivity contribution in [2.75, 3.05) is 19.5 Å². The second-order valence-electron chi connectivity index (χ2n) is 5.74. The third kappa shape index (κ3) is 4.94. The average Bonchev–Trinajstić information content (AvgIpc) is 3.14. The maximum atomic E-state index is 12.9. The highest BCUT2D eigenvalue weighted by Crippen LogP contribution is 2.27. The van der Waals surface area contributed by atoms with Crippen molar-refractivity contribution in [1.82, 2.24) is 10.2 Å². The first-order chi connectivity index (χ1) is 13.6. The average molecular weight is 383 g/mol. The third-order valence-corrected chi connectivity index (χ3v) is 3.80. The van der Waals surface area contributed by atoms with Gasteiger partial charge in [0, 0.05) is 6.08 Å². The molecule has 0 bridgehead atoms. The fraction of sp³-hybridized carbons (Fsp3) is 0.150. The van der Waals surface area contributed by atoms with Gasteiger partial charge in [-0.1, -0.05) is 23.3 Å². The van der Waals surface area contributed by atoms with Crippen molar-refractivity contribution in [3.63, 3.8) is 0 Å². The minimum Gasteiger partial charge on any atom is -0.493 e. The number of nitrogens with zero attached hydrogens (tertiary/aromatic N) is 2. The summed E-state index contributed by atoms with van der Waals surface area (Å²) in [6, 6.07) is 11.2. The van der Waals surface area contributed by atoms with Gasteiger partial charge in [0.15, 0.2) is 11.5 Å². The first kappa shape index (κ1) is 19.1. The van der Waals surface area contributed by atoms with Crippen LogP contribution in [0.25, 0.3) is 6.08 Å². The fourth-order valence-corrected chi connectivity index (χ4v) is 2.43. The van der Waals surface area contributed by atoms with Crippen LogP contribution >= 0.6 is 0 Å². The highest BCUT2D eigenvalue weighted by Gasteiger charge is 2.09. The molecule has 2 aromatic carbocycles. The Labute approximate surface area is 160 Å². The van der Waals surface area contributed by atoms with Crippen molar-refractivity contribution in [3.8, 4) is 11.5 Å². The number of halogens is 1. The lowest BCUT2D eigenvalue weighted by atomic mass is 10.1. The molecule has 0 fully saturated rings. The smallest absolute Gasteiger partial charge is 0.322 e. The summed E-state index contributed by atoms with van der Waals surface area (Å²) in [5.74, 6) is 0.733. The molecule has 3 rings (SSSR count). The second kappa shape index (κ2) is 8.81. The predicted molar refractivity (Wildman–Crippen MR) is 101 cm³/mol. The number of carbonyl (C=O) groups is 1. The molecule has 0 spiro atoms. The van der Waals surface area contributed by atoms with Crippen LogP contribution in [0, 0.1) is 5.82 Å². The summed E-state index contributed by atoms with van der Waals surface area (Å²) in [5, 5.41) is 10.1. The summed E-state index contributed by atoms with van der Waals surface area (Å²) in [4.78, 5) is 12.0. The molecule has 0 atom stereocenters. The zero-order valence-electron chi connectivity index (χ0n) is 15.3. The van der Waals surface area contributed by atoms with Gasteiger partial charge in [-0.05, 0) is 41.5 Å². The highest BCUT2D eigenvalue weighted by atomic mass is 19.1.